The van der Waals surface area contributed by atoms with Gasteiger partial charge in [0.2, 0.25) is 5.91 Å². The average molecular weight is 351 g/mol. The Kier molecular flexibility index (Phi) is 4.91. The highest BCUT2D eigenvalue weighted by Crippen LogP contribution is 2.27. The zero-order valence-electron chi connectivity index (χ0n) is 12.7. The second kappa shape index (κ2) is 6.92. The number of piperidine rings is 1. The summed E-state index contributed by atoms with van der Waals surface area (Å²) in [6.07, 6.45) is 4.85. The lowest BCUT2D eigenvalue weighted by Gasteiger charge is -2.35. The van der Waals surface area contributed by atoms with Crippen LogP contribution in [0.25, 0.3) is 0 Å². The SMILES string of the molecule is CSc1ncccc1C(=O)N1CCC(N2C(=O)CSC2=O)CC1. The van der Waals surface area contributed by atoms with E-state index in [0.717, 1.165) is 16.8 Å². The Labute approximate surface area is 143 Å². The minimum Gasteiger partial charge on any atom is -0.338 e. The minimum atomic E-state index is -0.156. The molecule has 3 heterocycles. The first kappa shape index (κ1) is 16.3. The van der Waals surface area contributed by atoms with Gasteiger partial charge in [-0.2, -0.15) is 0 Å². The van der Waals surface area contributed by atoms with E-state index in [-0.39, 0.29) is 28.8 Å². The number of hydrogen-bond donors (Lipinski definition) is 0. The molecule has 3 amide bonds. The number of carbonyl (C=O) groups is 3. The molecule has 0 saturated carbocycles. The van der Waals surface area contributed by atoms with E-state index < -0.39 is 0 Å². The summed E-state index contributed by atoms with van der Waals surface area (Å²) in [5.41, 5.74) is 0.613. The second-order valence-electron chi connectivity index (χ2n) is 5.40. The van der Waals surface area contributed by atoms with Gasteiger partial charge in [-0.25, -0.2) is 4.98 Å². The summed E-state index contributed by atoms with van der Waals surface area (Å²) < 4.78 is 0. The standard InChI is InChI=1S/C15H17N3O3S2/c1-22-13-11(3-2-6-16-13)14(20)17-7-4-10(5-8-17)18-12(19)9-23-15(18)21/h2-3,6,10H,4-5,7-9H2,1H3. The quantitative estimate of drug-likeness (QED) is 0.777. The van der Waals surface area contributed by atoms with Gasteiger partial charge >= 0.3 is 0 Å². The highest BCUT2D eigenvalue weighted by Gasteiger charge is 2.38. The monoisotopic (exact) mass is 351 g/mol. The highest BCUT2D eigenvalue weighted by molar-refractivity contribution is 8.14. The first-order chi connectivity index (χ1) is 11.1. The maximum Gasteiger partial charge on any atom is 0.289 e. The summed E-state index contributed by atoms with van der Waals surface area (Å²) >= 11 is 2.51. The van der Waals surface area contributed by atoms with Crippen LogP contribution in [-0.2, 0) is 4.79 Å². The van der Waals surface area contributed by atoms with Crippen molar-refractivity contribution in [1.29, 1.82) is 0 Å². The Morgan fingerprint density at radius 1 is 1.35 bits per heavy atom. The molecule has 2 aliphatic heterocycles. The van der Waals surface area contributed by atoms with Gasteiger partial charge in [-0.05, 0) is 31.2 Å². The number of likely N-dealkylation sites (tertiary alicyclic amines) is 1. The smallest absolute Gasteiger partial charge is 0.289 e. The fourth-order valence-electron chi connectivity index (χ4n) is 2.93. The summed E-state index contributed by atoms with van der Waals surface area (Å²) in [4.78, 5) is 43.6. The number of pyridine rings is 1. The Morgan fingerprint density at radius 2 is 2.09 bits per heavy atom. The van der Waals surface area contributed by atoms with Crippen molar-refractivity contribution in [3.05, 3.63) is 23.9 Å². The van der Waals surface area contributed by atoms with Crippen molar-refractivity contribution in [3.8, 4) is 0 Å². The Bertz CT molecular complexity index is 629. The van der Waals surface area contributed by atoms with Crippen LogP contribution in [0.5, 0.6) is 0 Å². The first-order valence-electron chi connectivity index (χ1n) is 7.39. The molecule has 1 aromatic heterocycles. The van der Waals surface area contributed by atoms with Crippen molar-refractivity contribution >= 4 is 40.6 Å². The van der Waals surface area contributed by atoms with Crippen molar-refractivity contribution in [3.63, 3.8) is 0 Å². The van der Waals surface area contributed by atoms with E-state index in [1.807, 2.05) is 6.26 Å². The molecule has 0 N–H and O–H groups in total. The molecule has 2 aliphatic rings. The highest BCUT2D eigenvalue weighted by atomic mass is 32.2. The maximum atomic E-state index is 12.7. The van der Waals surface area contributed by atoms with E-state index in [1.54, 1.807) is 23.2 Å². The van der Waals surface area contributed by atoms with E-state index >= 15 is 0 Å². The Hall–Kier alpha value is -1.54. The largest absolute Gasteiger partial charge is 0.338 e. The van der Waals surface area contributed by atoms with Crippen LogP contribution in [0.15, 0.2) is 23.4 Å². The molecule has 122 valence electrons. The van der Waals surface area contributed by atoms with Crippen LogP contribution in [0.3, 0.4) is 0 Å². The van der Waals surface area contributed by atoms with Crippen LogP contribution in [0.1, 0.15) is 23.2 Å². The zero-order chi connectivity index (χ0) is 16.4. The lowest BCUT2D eigenvalue weighted by atomic mass is 10.0. The molecule has 1 aromatic rings. The van der Waals surface area contributed by atoms with E-state index in [9.17, 15) is 14.4 Å². The van der Waals surface area contributed by atoms with Crippen LogP contribution >= 0.6 is 23.5 Å². The number of aromatic nitrogens is 1. The molecule has 3 rings (SSSR count). The third-order valence-corrected chi connectivity index (χ3v) is 5.64. The van der Waals surface area contributed by atoms with Gasteiger partial charge in [0.1, 0.15) is 5.03 Å². The van der Waals surface area contributed by atoms with E-state index in [4.69, 9.17) is 0 Å². The number of amides is 3. The maximum absolute atomic E-state index is 12.7. The second-order valence-corrected chi connectivity index (χ2v) is 7.12. The number of carbonyl (C=O) groups excluding carboxylic acids is 3. The fourth-order valence-corrected chi connectivity index (χ4v) is 4.25. The molecule has 0 aromatic carbocycles. The molecule has 0 atom stereocenters. The van der Waals surface area contributed by atoms with Crippen LogP contribution in [-0.4, -0.2) is 63.0 Å². The molecule has 2 saturated heterocycles. The predicted octanol–water partition coefficient (Wildman–Crippen LogP) is 2.10. The number of imide groups is 1. The van der Waals surface area contributed by atoms with Gasteiger partial charge < -0.3 is 4.90 Å². The molecule has 2 fully saturated rings. The van der Waals surface area contributed by atoms with Gasteiger partial charge in [-0.15, -0.1) is 11.8 Å². The number of nitrogens with zero attached hydrogens (tertiary/aromatic N) is 3. The fraction of sp³-hybridized carbons (Fsp3) is 0.467. The van der Waals surface area contributed by atoms with Crippen LogP contribution in [0.4, 0.5) is 4.79 Å². The Morgan fingerprint density at radius 3 is 2.70 bits per heavy atom. The number of rotatable bonds is 3. The molecule has 0 bridgehead atoms. The zero-order valence-corrected chi connectivity index (χ0v) is 14.4. The van der Waals surface area contributed by atoms with Crippen LogP contribution < -0.4 is 0 Å². The Balaban J connectivity index is 1.66. The summed E-state index contributed by atoms with van der Waals surface area (Å²) in [5.74, 6) is 0.0983. The summed E-state index contributed by atoms with van der Waals surface area (Å²) in [7, 11) is 0. The van der Waals surface area contributed by atoms with Gasteiger partial charge in [0.15, 0.2) is 0 Å². The van der Waals surface area contributed by atoms with Gasteiger partial charge in [0.25, 0.3) is 11.1 Å². The first-order valence-corrected chi connectivity index (χ1v) is 9.60. The van der Waals surface area contributed by atoms with Crippen molar-refractivity contribution < 1.29 is 14.4 Å². The van der Waals surface area contributed by atoms with Crippen LogP contribution in [0.2, 0.25) is 0 Å². The van der Waals surface area contributed by atoms with Crippen molar-refractivity contribution in [1.82, 2.24) is 14.8 Å². The average Bonchev–Trinajstić information content (AvgIpc) is 2.93. The third-order valence-electron chi connectivity index (χ3n) is 4.10. The minimum absolute atomic E-state index is 0.0330. The molecule has 0 aliphatic carbocycles. The number of hydrogen-bond acceptors (Lipinski definition) is 6. The molecule has 0 spiro atoms. The van der Waals surface area contributed by atoms with Crippen molar-refractivity contribution in [2.45, 2.75) is 23.9 Å². The summed E-state index contributed by atoms with van der Waals surface area (Å²) in [5, 5.41) is 0.567. The summed E-state index contributed by atoms with van der Waals surface area (Å²) in [6, 6.07) is 3.47. The normalized spacial score (nSPS) is 19.5. The van der Waals surface area contributed by atoms with E-state index in [0.29, 0.717) is 31.5 Å². The van der Waals surface area contributed by atoms with Gasteiger partial charge in [-0.3, -0.25) is 19.3 Å². The molecular formula is C15H17N3O3S2. The van der Waals surface area contributed by atoms with E-state index in [1.165, 1.54) is 16.7 Å². The van der Waals surface area contributed by atoms with Crippen molar-refractivity contribution in [2.24, 2.45) is 0 Å². The van der Waals surface area contributed by atoms with Gasteiger partial charge in [-0.1, -0.05) is 11.8 Å². The topological polar surface area (TPSA) is 70.6 Å². The lowest BCUT2D eigenvalue weighted by Crippen LogP contribution is -2.48. The lowest BCUT2D eigenvalue weighted by molar-refractivity contribution is -0.126. The van der Waals surface area contributed by atoms with Crippen LogP contribution in [0, 0.1) is 0 Å². The van der Waals surface area contributed by atoms with Gasteiger partial charge in [0, 0.05) is 25.3 Å². The van der Waals surface area contributed by atoms with Gasteiger partial charge in [0.05, 0.1) is 11.3 Å². The molecular weight excluding hydrogens is 334 g/mol. The predicted molar refractivity (Wildman–Crippen MR) is 89.6 cm³/mol. The van der Waals surface area contributed by atoms with E-state index in [2.05, 4.69) is 4.98 Å². The molecule has 6 nitrogen and oxygen atoms in total. The molecule has 23 heavy (non-hydrogen) atoms. The molecule has 0 unspecified atom stereocenters. The molecule has 0 radical (unpaired) electrons. The summed E-state index contributed by atoms with van der Waals surface area (Å²) in [6.45, 7) is 1.10. The third kappa shape index (κ3) is 3.23. The molecule has 8 heteroatoms. The van der Waals surface area contributed by atoms with Crippen molar-refractivity contribution in [2.75, 3.05) is 25.1 Å². The number of thioether (sulfide) groups is 2.